The van der Waals surface area contributed by atoms with Gasteiger partial charge in [-0.25, -0.2) is 4.79 Å². The van der Waals surface area contributed by atoms with Crippen molar-refractivity contribution in [2.75, 3.05) is 27.9 Å². The summed E-state index contributed by atoms with van der Waals surface area (Å²) in [5.74, 6) is 1.57. The van der Waals surface area contributed by atoms with E-state index in [0.717, 1.165) is 11.3 Å². The lowest BCUT2D eigenvalue weighted by Crippen LogP contribution is -2.09. The molecule has 35 heavy (non-hydrogen) atoms. The van der Waals surface area contributed by atoms with Gasteiger partial charge in [-0.05, 0) is 55.0 Å². The van der Waals surface area contributed by atoms with Crippen LogP contribution < -0.4 is 28.4 Å². The van der Waals surface area contributed by atoms with Crippen molar-refractivity contribution in [3.8, 4) is 34.5 Å². The first-order valence-electron chi connectivity index (χ1n) is 10.8. The van der Waals surface area contributed by atoms with Gasteiger partial charge in [-0.2, -0.15) is 0 Å². The Morgan fingerprint density at radius 2 is 1.54 bits per heavy atom. The van der Waals surface area contributed by atoms with Crippen LogP contribution in [0, 0.1) is 0 Å². The Labute approximate surface area is 202 Å². The van der Waals surface area contributed by atoms with E-state index >= 15 is 0 Å². The quantitative estimate of drug-likeness (QED) is 0.256. The van der Waals surface area contributed by atoms with Gasteiger partial charge in [-0.15, -0.1) is 0 Å². The van der Waals surface area contributed by atoms with Crippen molar-refractivity contribution in [2.45, 2.75) is 6.92 Å². The van der Waals surface area contributed by atoms with Crippen LogP contribution in [0.25, 0.3) is 6.08 Å². The maximum Gasteiger partial charge on any atom is 0.343 e. The lowest BCUT2D eigenvalue weighted by molar-refractivity contribution is 0.0733. The van der Waals surface area contributed by atoms with Gasteiger partial charge in [0.15, 0.2) is 17.3 Å². The van der Waals surface area contributed by atoms with Crippen molar-refractivity contribution in [2.24, 2.45) is 0 Å². The number of allylic oxidation sites excluding steroid dienone is 1. The molecule has 0 aromatic heterocycles. The normalized spacial score (nSPS) is 13.1. The van der Waals surface area contributed by atoms with Gasteiger partial charge in [-0.1, -0.05) is 12.1 Å². The molecule has 0 bridgehead atoms. The van der Waals surface area contributed by atoms with Crippen LogP contribution in [0.15, 0.2) is 60.4 Å². The highest BCUT2D eigenvalue weighted by molar-refractivity contribution is 6.14. The van der Waals surface area contributed by atoms with E-state index < -0.39 is 5.97 Å². The molecular weight excluding hydrogens is 452 g/mol. The zero-order valence-corrected chi connectivity index (χ0v) is 19.7. The molecule has 0 amide bonds. The molecule has 1 heterocycles. The van der Waals surface area contributed by atoms with Crippen molar-refractivity contribution in [1.82, 2.24) is 0 Å². The molecule has 0 N–H and O–H groups in total. The van der Waals surface area contributed by atoms with Gasteiger partial charge in [-0.3, -0.25) is 4.79 Å². The summed E-state index contributed by atoms with van der Waals surface area (Å²) in [4.78, 5) is 25.6. The van der Waals surface area contributed by atoms with Gasteiger partial charge in [0.25, 0.3) is 0 Å². The van der Waals surface area contributed by atoms with E-state index in [1.54, 1.807) is 12.1 Å². The van der Waals surface area contributed by atoms with Crippen LogP contribution in [-0.4, -0.2) is 39.7 Å². The molecule has 0 atom stereocenters. The highest BCUT2D eigenvalue weighted by Gasteiger charge is 2.28. The minimum atomic E-state index is -0.640. The SMILES string of the molecule is CCOc1ccc(/C=C2\Oc3cc(OC(=O)c4cc(OC)c(OC)c(OC)c4)ccc3C2=O)cc1. The molecule has 0 saturated heterocycles. The summed E-state index contributed by atoms with van der Waals surface area (Å²) >= 11 is 0. The Bertz CT molecular complexity index is 1270. The maximum atomic E-state index is 12.8. The second-order valence-electron chi connectivity index (χ2n) is 7.40. The van der Waals surface area contributed by atoms with Gasteiger partial charge in [0.1, 0.15) is 17.2 Å². The summed E-state index contributed by atoms with van der Waals surface area (Å²) < 4.78 is 32.6. The average Bonchev–Trinajstić information content (AvgIpc) is 3.18. The number of methoxy groups -OCH3 is 3. The van der Waals surface area contributed by atoms with Gasteiger partial charge in [0.2, 0.25) is 11.5 Å². The van der Waals surface area contributed by atoms with Crippen LogP contribution in [0.2, 0.25) is 0 Å². The summed E-state index contributed by atoms with van der Waals surface area (Å²) in [6.07, 6.45) is 1.65. The summed E-state index contributed by atoms with van der Waals surface area (Å²) in [5.41, 5.74) is 1.38. The Balaban J connectivity index is 1.53. The highest BCUT2D eigenvalue weighted by atomic mass is 16.5. The van der Waals surface area contributed by atoms with E-state index in [1.165, 1.54) is 45.6 Å². The second kappa shape index (κ2) is 10.2. The molecule has 0 spiro atoms. The topological polar surface area (TPSA) is 89.5 Å². The van der Waals surface area contributed by atoms with E-state index in [9.17, 15) is 9.59 Å². The highest BCUT2D eigenvalue weighted by Crippen LogP contribution is 2.39. The van der Waals surface area contributed by atoms with Crippen LogP contribution in [0.4, 0.5) is 0 Å². The minimum absolute atomic E-state index is 0.178. The number of rotatable bonds is 8. The average molecular weight is 476 g/mol. The Morgan fingerprint density at radius 1 is 0.886 bits per heavy atom. The van der Waals surface area contributed by atoms with Gasteiger partial charge >= 0.3 is 5.97 Å². The fourth-order valence-electron chi connectivity index (χ4n) is 3.57. The Kier molecular flexibility index (Phi) is 6.91. The van der Waals surface area contributed by atoms with E-state index in [4.69, 9.17) is 28.4 Å². The van der Waals surface area contributed by atoms with E-state index in [2.05, 4.69) is 0 Å². The van der Waals surface area contributed by atoms with Gasteiger partial charge in [0, 0.05) is 6.07 Å². The Hall–Kier alpha value is -4.46. The van der Waals surface area contributed by atoms with Crippen LogP contribution in [0.5, 0.6) is 34.5 Å². The lowest BCUT2D eigenvalue weighted by atomic mass is 10.1. The predicted molar refractivity (Wildman–Crippen MR) is 128 cm³/mol. The van der Waals surface area contributed by atoms with Crippen molar-refractivity contribution >= 4 is 17.8 Å². The number of carbonyl (C=O) groups excluding carboxylic acids is 2. The zero-order chi connectivity index (χ0) is 24.9. The molecule has 3 aromatic carbocycles. The van der Waals surface area contributed by atoms with Crippen LogP contribution in [0.3, 0.4) is 0 Å². The summed E-state index contributed by atoms with van der Waals surface area (Å²) in [5, 5.41) is 0. The van der Waals surface area contributed by atoms with Gasteiger partial charge in [0.05, 0.1) is 39.1 Å². The number of esters is 1. The fraction of sp³-hybridized carbons (Fsp3) is 0.185. The molecule has 180 valence electrons. The molecule has 3 aromatic rings. The summed E-state index contributed by atoms with van der Waals surface area (Å²) in [6, 6.07) is 14.9. The second-order valence-corrected chi connectivity index (χ2v) is 7.40. The number of ether oxygens (including phenoxy) is 6. The maximum absolute atomic E-state index is 12.8. The number of hydrogen-bond donors (Lipinski definition) is 0. The molecule has 0 radical (unpaired) electrons. The number of ketones is 1. The number of Topliss-reactive ketones (excluding diaryl/α,β-unsaturated/α-hetero) is 1. The molecule has 1 aliphatic rings. The van der Waals surface area contributed by atoms with E-state index in [1.807, 2.05) is 31.2 Å². The first-order chi connectivity index (χ1) is 17.0. The zero-order valence-electron chi connectivity index (χ0n) is 19.7. The van der Waals surface area contributed by atoms with Crippen molar-refractivity contribution in [3.63, 3.8) is 0 Å². The largest absolute Gasteiger partial charge is 0.494 e. The molecule has 4 rings (SSSR count). The molecule has 8 nitrogen and oxygen atoms in total. The minimum Gasteiger partial charge on any atom is -0.494 e. The molecule has 8 heteroatoms. The summed E-state index contributed by atoms with van der Waals surface area (Å²) in [7, 11) is 4.39. The van der Waals surface area contributed by atoms with Crippen molar-refractivity contribution in [3.05, 3.63) is 77.0 Å². The third-order valence-electron chi connectivity index (χ3n) is 5.24. The third-order valence-corrected chi connectivity index (χ3v) is 5.24. The molecule has 0 aliphatic carbocycles. The number of fused-ring (bicyclic) bond motifs is 1. The number of hydrogen-bond acceptors (Lipinski definition) is 8. The Morgan fingerprint density at radius 3 is 2.14 bits per heavy atom. The number of carbonyl (C=O) groups is 2. The first-order valence-corrected chi connectivity index (χ1v) is 10.8. The molecule has 0 unspecified atom stereocenters. The monoisotopic (exact) mass is 476 g/mol. The van der Waals surface area contributed by atoms with E-state index in [-0.39, 0.29) is 22.9 Å². The molecular formula is C27H24O8. The molecule has 0 fully saturated rings. The third kappa shape index (κ3) is 4.91. The molecule has 0 saturated carbocycles. The first kappa shape index (κ1) is 23.7. The van der Waals surface area contributed by atoms with Crippen LogP contribution >= 0.6 is 0 Å². The standard InChI is InChI=1S/C27H24O8/c1-5-33-18-8-6-16(7-9-18)12-22-25(28)20-11-10-19(15-21(20)35-22)34-27(29)17-13-23(30-2)26(32-4)24(14-17)31-3/h6-15H,5H2,1-4H3/b22-12-. The molecule has 1 aliphatic heterocycles. The van der Waals surface area contributed by atoms with Crippen LogP contribution in [-0.2, 0) is 0 Å². The lowest BCUT2D eigenvalue weighted by Gasteiger charge is -2.13. The number of benzene rings is 3. The van der Waals surface area contributed by atoms with Crippen molar-refractivity contribution < 1.29 is 38.0 Å². The summed E-state index contributed by atoms with van der Waals surface area (Å²) in [6.45, 7) is 2.48. The van der Waals surface area contributed by atoms with Crippen molar-refractivity contribution in [1.29, 1.82) is 0 Å². The van der Waals surface area contributed by atoms with Crippen LogP contribution in [0.1, 0.15) is 33.2 Å². The van der Waals surface area contributed by atoms with E-state index in [0.29, 0.717) is 35.2 Å². The smallest absolute Gasteiger partial charge is 0.343 e. The van der Waals surface area contributed by atoms with Gasteiger partial charge < -0.3 is 28.4 Å². The predicted octanol–water partition coefficient (Wildman–Crippen LogP) is 4.95. The fourth-order valence-corrected chi connectivity index (χ4v) is 3.57.